The molecule has 1 heterocycles. The van der Waals surface area contributed by atoms with Crippen molar-refractivity contribution in [3.8, 4) is 16.9 Å². The number of rotatable bonds is 8. The minimum Gasteiger partial charge on any atom is -0.496 e. The average Bonchev–Trinajstić information content (AvgIpc) is 3.52. The van der Waals surface area contributed by atoms with Crippen molar-refractivity contribution < 1.29 is 19.0 Å². The third kappa shape index (κ3) is 5.73. The molecule has 0 aliphatic heterocycles. The van der Waals surface area contributed by atoms with Gasteiger partial charge in [-0.25, -0.2) is 4.39 Å². The first-order chi connectivity index (χ1) is 20.6. The predicted molar refractivity (Wildman–Crippen MR) is 168 cm³/mol. The number of carbonyl (C=O) groups excluding carboxylic acids is 1. The Labute approximate surface area is 255 Å². The number of aliphatic hydroxyl groups is 1. The van der Waals surface area contributed by atoms with Crippen LogP contribution in [0.2, 0.25) is 0 Å². The molecule has 7 rings (SSSR count). The Bertz CT molecular complexity index is 1450. The summed E-state index contributed by atoms with van der Waals surface area (Å²) in [6.07, 6.45) is 12.5. The molecule has 0 atom stereocenters. The number of anilines is 1. The molecule has 7 heteroatoms. The van der Waals surface area contributed by atoms with Crippen molar-refractivity contribution in [2.45, 2.75) is 103 Å². The third-order valence-corrected chi connectivity index (χ3v) is 10.9. The molecule has 0 spiro atoms. The lowest BCUT2D eigenvalue weighted by atomic mass is 9.51. The van der Waals surface area contributed by atoms with Gasteiger partial charge in [0, 0.05) is 41.5 Å². The number of aromatic nitrogens is 2. The molecule has 4 aliphatic carbocycles. The fourth-order valence-corrected chi connectivity index (χ4v) is 7.98. The first-order valence-corrected chi connectivity index (χ1v) is 16.1. The lowest BCUT2D eigenvalue weighted by Crippen LogP contribution is -2.51. The highest BCUT2D eigenvalue weighted by atomic mass is 19.1. The number of aliphatic hydroxyl groups excluding tert-OH is 1. The summed E-state index contributed by atoms with van der Waals surface area (Å²) in [7, 11) is 1.72. The second kappa shape index (κ2) is 11.7. The molecule has 0 radical (unpaired) electrons. The zero-order valence-electron chi connectivity index (χ0n) is 26.1. The van der Waals surface area contributed by atoms with Gasteiger partial charge in [-0.1, -0.05) is 12.1 Å². The van der Waals surface area contributed by atoms with Crippen molar-refractivity contribution in [1.29, 1.82) is 0 Å². The number of hydrogen-bond acceptors (Lipinski definition) is 4. The topological polar surface area (TPSA) is 67.6 Å². The van der Waals surface area contributed by atoms with Crippen LogP contribution in [-0.2, 0) is 10.2 Å². The van der Waals surface area contributed by atoms with Crippen molar-refractivity contribution >= 4 is 11.6 Å². The quantitative estimate of drug-likeness (QED) is 0.292. The molecule has 0 saturated heterocycles. The van der Waals surface area contributed by atoms with E-state index in [4.69, 9.17) is 4.74 Å². The van der Waals surface area contributed by atoms with Crippen LogP contribution in [0.4, 0.5) is 10.1 Å². The molecule has 1 aromatic heterocycles. The molecule has 2 bridgehead atoms. The van der Waals surface area contributed by atoms with Gasteiger partial charge in [-0.15, -0.1) is 0 Å². The van der Waals surface area contributed by atoms with E-state index in [1.54, 1.807) is 19.4 Å². The molecule has 43 heavy (non-hydrogen) atoms. The van der Waals surface area contributed by atoms with Gasteiger partial charge in [0.1, 0.15) is 11.6 Å². The van der Waals surface area contributed by atoms with Crippen molar-refractivity contribution in [2.24, 2.45) is 11.3 Å². The molecule has 0 unspecified atom stereocenters. The van der Waals surface area contributed by atoms with Gasteiger partial charge in [0.05, 0.1) is 19.4 Å². The summed E-state index contributed by atoms with van der Waals surface area (Å²) in [6, 6.07) is 12.0. The number of fused-ring (bicyclic) bond motifs is 3. The molecular weight excluding hydrogens is 541 g/mol. The van der Waals surface area contributed by atoms with Crippen LogP contribution < -0.4 is 9.64 Å². The highest BCUT2D eigenvalue weighted by Gasteiger charge is 2.50. The van der Waals surface area contributed by atoms with Gasteiger partial charge in [-0.05, 0) is 131 Å². The van der Waals surface area contributed by atoms with Gasteiger partial charge >= 0.3 is 0 Å². The van der Waals surface area contributed by atoms with Gasteiger partial charge in [0.2, 0.25) is 5.91 Å². The first-order valence-electron chi connectivity index (χ1n) is 16.1. The van der Waals surface area contributed by atoms with Gasteiger partial charge in [-0.2, -0.15) is 5.10 Å². The summed E-state index contributed by atoms with van der Waals surface area (Å²) in [4.78, 5) is 16.3. The fraction of sp³-hybridized carbons (Fsp3) is 0.556. The fourth-order valence-electron chi connectivity index (χ4n) is 7.98. The van der Waals surface area contributed by atoms with Crippen LogP contribution in [0.3, 0.4) is 0 Å². The van der Waals surface area contributed by atoms with E-state index >= 15 is 4.39 Å². The Kier molecular flexibility index (Phi) is 8.14. The van der Waals surface area contributed by atoms with Gasteiger partial charge in [-0.3, -0.25) is 9.48 Å². The lowest BCUT2D eigenvalue weighted by molar-refractivity contribution is -0.124. The smallest absolute Gasteiger partial charge is 0.230 e. The van der Waals surface area contributed by atoms with Crippen molar-refractivity contribution in [3.05, 3.63) is 65.7 Å². The van der Waals surface area contributed by atoms with E-state index in [9.17, 15) is 9.90 Å². The molecule has 1 N–H and O–H groups in total. The Morgan fingerprint density at radius 2 is 1.77 bits per heavy atom. The Morgan fingerprint density at radius 3 is 2.37 bits per heavy atom. The molecule has 4 fully saturated rings. The number of ether oxygens (including phenoxy) is 1. The minimum atomic E-state index is -0.322. The second-order valence-electron chi connectivity index (χ2n) is 13.9. The van der Waals surface area contributed by atoms with Crippen molar-refractivity contribution in [1.82, 2.24) is 9.78 Å². The first kappa shape index (κ1) is 29.9. The summed E-state index contributed by atoms with van der Waals surface area (Å²) in [6.45, 7) is 6.86. The van der Waals surface area contributed by atoms with Gasteiger partial charge < -0.3 is 14.7 Å². The monoisotopic (exact) mass is 587 g/mol. The number of methoxy groups -OCH3 is 1. The van der Waals surface area contributed by atoms with Crippen LogP contribution in [0, 0.1) is 24.1 Å². The zero-order chi connectivity index (χ0) is 30.4. The van der Waals surface area contributed by atoms with Crippen LogP contribution in [0.15, 0.2) is 48.8 Å². The van der Waals surface area contributed by atoms with Gasteiger partial charge in [0.15, 0.2) is 0 Å². The third-order valence-electron chi connectivity index (χ3n) is 10.9. The minimum absolute atomic E-state index is 0.0458. The lowest BCUT2D eigenvalue weighted by Gasteiger charge is -2.55. The molecule has 1 amide bonds. The van der Waals surface area contributed by atoms with Crippen LogP contribution in [0.1, 0.15) is 95.2 Å². The number of nitrogens with zero attached hydrogens (tertiary/aromatic N) is 3. The van der Waals surface area contributed by atoms with Crippen LogP contribution in [0.5, 0.6) is 5.75 Å². The molecule has 230 valence electrons. The summed E-state index contributed by atoms with van der Waals surface area (Å²) >= 11 is 0. The van der Waals surface area contributed by atoms with E-state index in [-0.39, 0.29) is 40.6 Å². The van der Waals surface area contributed by atoms with E-state index in [0.717, 1.165) is 50.0 Å². The van der Waals surface area contributed by atoms with E-state index in [1.807, 2.05) is 35.7 Å². The van der Waals surface area contributed by atoms with Crippen LogP contribution in [0.25, 0.3) is 11.1 Å². The van der Waals surface area contributed by atoms with Crippen molar-refractivity contribution in [3.63, 3.8) is 0 Å². The van der Waals surface area contributed by atoms with E-state index in [2.05, 4.69) is 30.2 Å². The molecule has 2 aromatic carbocycles. The standard InChI is InChI=1S/C36H46FN3O3/c1-24(2)40-22-27(21-38-40)31-20-29(8-11-32(31)37)39(34(42)26-5-9-30(41)10-6-26)23-35-13-16-36(17-14-35,18-15-35)28-7-12-33(43-4)25(3)19-28/h7-8,11-12,19-22,24,26,30,41H,5-6,9-10,13-18,23H2,1-4H3. The number of aryl methyl sites for hydroxylation is 1. The highest BCUT2D eigenvalue weighted by molar-refractivity contribution is 5.96. The summed E-state index contributed by atoms with van der Waals surface area (Å²) in [5, 5.41) is 14.6. The number of benzene rings is 2. The van der Waals surface area contributed by atoms with E-state index < -0.39 is 0 Å². The number of carbonyl (C=O) groups is 1. The molecule has 4 aliphatic rings. The van der Waals surface area contributed by atoms with Crippen molar-refractivity contribution in [2.75, 3.05) is 18.6 Å². The molecule has 3 aromatic rings. The molecular formula is C36H46FN3O3. The number of halogens is 1. The van der Waals surface area contributed by atoms with Crippen LogP contribution >= 0.6 is 0 Å². The Morgan fingerprint density at radius 1 is 1.07 bits per heavy atom. The second-order valence-corrected chi connectivity index (χ2v) is 13.9. The Hall–Kier alpha value is -3.19. The van der Waals surface area contributed by atoms with E-state index in [1.165, 1.54) is 17.2 Å². The summed E-state index contributed by atoms with van der Waals surface area (Å²) in [5.41, 5.74) is 4.77. The number of amides is 1. The molecule has 4 saturated carbocycles. The van der Waals surface area contributed by atoms with Crippen LogP contribution in [-0.4, -0.2) is 40.6 Å². The van der Waals surface area contributed by atoms with Gasteiger partial charge in [0.25, 0.3) is 0 Å². The largest absolute Gasteiger partial charge is 0.496 e. The SMILES string of the molecule is COc1ccc(C23CCC(CN(C(=O)C4CCC(O)CC4)c4ccc(F)c(-c5cnn(C(C)C)c5)c4)(CC2)CC3)cc1C. The maximum absolute atomic E-state index is 15.2. The predicted octanol–water partition coefficient (Wildman–Crippen LogP) is 7.76. The van der Waals surface area contributed by atoms with E-state index in [0.29, 0.717) is 43.4 Å². The summed E-state index contributed by atoms with van der Waals surface area (Å²) in [5.74, 6) is 0.615. The number of hydrogen-bond donors (Lipinski definition) is 1. The maximum Gasteiger partial charge on any atom is 0.230 e. The summed E-state index contributed by atoms with van der Waals surface area (Å²) < 4.78 is 22.6. The Balaban J connectivity index is 1.29. The molecule has 6 nitrogen and oxygen atoms in total. The normalized spacial score (nSPS) is 27.0. The average molecular weight is 588 g/mol. The maximum atomic E-state index is 15.2. The highest BCUT2D eigenvalue weighted by Crippen LogP contribution is 2.58. The zero-order valence-corrected chi connectivity index (χ0v) is 26.1.